The highest BCUT2D eigenvalue weighted by Crippen LogP contribution is 2.19. The molecule has 2 aromatic rings. The molecule has 1 atom stereocenters. The second-order valence-corrected chi connectivity index (χ2v) is 4.61. The fourth-order valence-corrected chi connectivity index (χ4v) is 1.97. The van der Waals surface area contributed by atoms with Crippen LogP contribution in [0.25, 0.3) is 0 Å². The Labute approximate surface area is 111 Å². The monoisotopic (exact) mass is 262 g/mol. The van der Waals surface area contributed by atoms with E-state index in [0.717, 1.165) is 5.76 Å². The number of furan rings is 1. The lowest BCUT2D eigenvalue weighted by molar-refractivity contribution is 0.0926. The Balaban J connectivity index is 2.17. The molecule has 3 N–H and O–H groups in total. The van der Waals surface area contributed by atoms with E-state index in [1.807, 2.05) is 26.0 Å². The number of aromatic nitrogens is 2. The van der Waals surface area contributed by atoms with E-state index in [-0.39, 0.29) is 11.9 Å². The lowest BCUT2D eigenvalue weighted by Crippen LogP contribution is -2.28. The first-order chi connectivity index (χ1) is 8.90. The minimum absolute atomic E-state index is 0.226. The van der Waals surface area contributed by atoms with E-state index in [2.05, 4.69) is 10.4 Å². The van der Waals surface area contributed by atoms with Gasteiger partial charge in [-0.3, -0.25) is 9.48 Å². The first-order valence-corrected chi connectivity index (χ1v) is 6.06. The molecule has 0 aromatic carbocycles. The number of rotatable bonds is 3. The van der Waals surface area contributed by atoms with Crippen LogP contribution in [0.3, 0.4) is 0 Å². The standard InChI is InChI=1S/C13H18N4O2/c1-7-5-6-10(19-7)8(2)15-13(18)12-11(14)9(3)16-17(12)4/h5-6,8H,14H2,1-4H3,(H,15,18). The molecule has 2 rings (SSSR count). The van der Waals surface area contributed by atoms with Crippen molar-refractivity contribution in [1.29, 1.82) is 0 Å². The van der Waals surface area contributed by atoms with Gasteiger partial charge in [0.15, 0.2) is 0 Å². The lowest BCUT2D eigenvalue weighted by Gasteiger charge is -2.12. The summed E-state index contributed by atoms with van der Waals surface area (Å²) in [6.45, 7) is 5.49. The molecule has 2 heterocycles. The normalized spacial score (nSPS) is 12.4. The van der Waals surface area contributed by atoms with Crippen LogP contribution in [-0.4, -0.2) is 15.7 Å². The molecule has 0 fully saturated rings. The Morgan fingerprint density at radius 3 is 2.63 bits per heavy atom. The Bertz CT molecular complexity index is 612. The second kappa shape index (κ2) is 4.79. The number of carbonyl (C=O) groups is 1. The second-order valence-electron chi connectivity index (χ2n) is 4.61. The highest BCUT2D eigenvalue weighted by molar-refractivity contribution is 5.98. The van der Waals surface area contributed by atoms with E-state index in [1.54, 1.807) is 14.0 Å². The summed E-state index contributed by atoms with van der Waals surface area (Å²) in [5, 5.41) is 6.97. The number of hydrogen-bond acceptors (Lipinski definition) is 4. The summed E-state index contributed by atoms with van der Waals surface area (Å²) in [6, 6.07) is 3.48. The molecule has 6 heteroatoms. The fraction of sp³-hybridized carbons (Fsp3) is 0.385. The number of aryl methyl sites for hydroxylation is 3. The molecule has 0 aliphatic carbocycles. The molecule has 102 valence electrons. The average Bonchev–Trinajstić information content (AvgIpc) is 2.84. The van der Waals surface area contributed by atoms with Gasteiger partial charge in [-0.25, -0.2) is 0 Å². The third-order valence-corrected chi connectivity index (χ3v) is 3.02. The zero-order valence-electron chi connectivity index (χ0n) is 11.5. The summed E-state index contributed by atoms with van der Waals surface area (Å²) >= 11 is 0. The largest absolute Gasteiger partial charge is 0.464 e. The van der Waals surface area contributed by atoms with E-state index in [4.69, 9.17) is 10.2 Å². The van der Waals surface area contributed by atoms with Gasteiger partial charge in [-0.1, -0.05) is 0 Å². The molecule has 0 aliphatic heterocycles. The summed E-state index contributed by atoms with van der Waals surface area (Å²) in [5.41, 5.74) is 7.28. The lowest BCUT2D eigenvalue weighted by atomic mass is 10.2. The van der Waals surface area contributed by atoms with Crippen LogP contribution in [0.4, 0.5) is 5.69 Å². The van der Waals surface area contributed by atoms with Crippen LogP contribution in [0.5, 0.6) is 0 Å². The van der Waals surface area contributed by atoms with Crippen molar-refractivity contribution in [2.45, 2.75) is 26.8 Å². The third kappa shape index (κ3) is 2.47. The van der Waals surface area contributed by atoms with Crippen LogP contribution < -0.4 is 11.1 Å². The van der Waals surface area contributed by atoms with Crippen LogP contribution in [0.1, 0.15) is 40.7 Å². The number of anilines is 1. The van der Waals surface area contributed by atoms with Crippen molar-refractivity contribution in [1.82, 2.24) is 15.1 Å². The maximum Gasteiger partial charge on any atom is 0.272 e. The van der Waals surface area contributed by atoms with Crippen LogP contribution >= 0.6 is 0 Å². The van der Waals surface area contributed by atoms with Gasteiger partial charge in [-0.2, -0.15) is 5.10 Å². The van der Waals surface area contributed by atoms with E-state index in [0.29, 0.717) is 22.8 Å². The molecule has 6 nitrogen and oxygen atoms in total. The van der Waals surface area contributed by atoms with Gasteiger partial charge in [0.25, 0.3) is 5.91 Å². The smallest absolute Gasteiger partial charge is 0.272 e. The zero-order valence-corrected chi connectivity index (χ0v) is 11.5. The van der Waals surface area contributed by atoms with Crippen molar-refractivity contribution in [3.05, 3.63) is 35.0 Å². The molecule has 0 saturated heterocycles. The summed E-state index contributed by atoms with van der Waals surface area (Å²) in [5.74, 6) is 1.26. The van der Waals surface area contributed by atoms with Crippen molar-refractivity contribution >= 4 is 11.6 Å². The van der Waals surface area contributed by atoms with Gasteiger partial charge in [0.2, 0.25) is 0 Å². The van der Waals surface area contributed by atoms with Crippen molar-refractivity contribution < 1.29 is 9.21 Å². The first-order valence-electron chi connectivity index (χ1n) is 6.06. The number of amides is 1. The van der Waals surface area contributed by atoms with Gasteiger partial charge < -0.3 is 15.5 Å². The molecule has 0 aliphatic rings. The number of hydrogen-bond donors (Lipinski definition) is 2. The Hall–Kier alpha value is -2.24. The van der Waals surface area contributed by atoms with Gasteiger partial charge in [0.05, 0.1) is 17.4 Å². The van der Waals surface area contributed by atoms with E-state index in [9.17, 15) is 4.79 Å². The summed E-state index contributed by atoms with van der Waals surface area (Å²) in [4.78, 5) is 12.2. The minimum Gasteiger partial charge on any atom is -0.464 e. The molecule has 1 amide bonds. The Kier molecular flexibility index (Phi) is 3.33. The fourth-order valence-electron chi connectivity index (χ4n) is 1.97. The SMILES string of the molecule is Cc1ccc(C(C)NC(=O)c2c(N)c(C)nn2C)o1. The summed E-state index contributed by atoms with van der Waals surface area (Å²) in [6.07, 6.45) is 0. The number of nitrogens with zero attached hydrogens (tertiary/aromatic N) is 2. The highest BCUT2D eigenvalue weighted by atomic mass is 16.3. The predicted molar refractivity (Wildman–Crippen MR) is 71.7 cm³/mol. The number of nitrogens with one attached hydrogen (secondary N) is 1. The average molecular weight is 262 g/mol. The molecule has 0 bridgehead atoms. The van der Waals surface area contributed by atoms with Crippen LogP contribution in [0.2, 0.25) is 0 Å². The van der Waals surface area contributed by atoms with Gasteiger partial charge in [-0.05, 0) is 32.9 Å². The highest BCUT2D eigenvalue weighted by Gasteiger charge is 2.20. The zero-order chi connectivity index (χ0) is 14.2. The predicted octanol–water partition coefficient (Wildman–Crippen LogP) is 1.70. The van der Waals surface area contributed by atoms with Crippen molar-refractivity contribution in [3.8, 4) is 0 Å². The van der Waals surface area contributed by atoms with E-state index < -0.39 is 0 Å². The third-order valence-electron chi connectivity index (χ3n) is 3.02. The summed E-state index contributed by atoms with van der Waals surface area (Å²) < 4.78 is 6.97. The molecule has 0 radical (unpaired) electrons. The van der Waals surface area contributed by atoms with Gasteiger partial charge >= 0.3 is 0 Å². The van der Waals surface area contributed by atoms with Gasteiger partial charge in [0.1, 0.15) is 17.2 Å². The minimum atomic E-state index is -0.262. The maximum atomic E-state index is 12.2. The Morgan fingerprint density at radius 2 is 2.16 bits per heavy atom. The molecule has 0 spiro atoms. The Morgan fingerprint density at radius 1 is 1.47 bits per heavy atom. The number of nitrogens with two attached hydrogens (primary N) is 1. The molecular formula is C13H18N4O2. The molecule has 19 heavy (non-hydrogen) atoms. The van der Waals surface area contributed by atoms with Crippen molar-refractivity contribution in [2.24, 2.45) is 7.05 Å². The number of nitrogen functional groups attached to an aromatic ring is 1. The van der Waals surface area contributed by atoms with E-state index in [1.165, 1.54) is 4.68 Å². The topological polar surface area (TPSA) is 86.1 Å². The van der Waals surface area contributed by atoms with Crippen LogP contribution in [0, 0.1) is 13.8 Å². The van der Waals surface area contributed by atoms with Crippen molar-refractivity contribution in [3.63, 3.8) is 0 Å². The summed E-state index contributed by atoms with van der Waals surface area (Å²) in [7, 11) is 1.69. The number of carbonyl (C=O) groups excluding carboxylic acids is 1. The van der Waals surface area contributed by atoms with Crippen molar-refractivity contribution in [2.75, 3.05) is 5.73 Å². The van der Waals surface area contributed by atoms with Crippen LogP contribution in [0.15, 0.2) is 16.5 Å². The van der Waals surface area contributed by atoms with Gasteiger partial charge in [-0.15, -0.1) is 0 Å². The van der Waals surface area contributed by atoms with E-state index >= 15 is 0 Å². The molecule has 1 unspecified atom stereocenters. The molecule has 0 saturated carbocycles. The molecular weight excluding hydrogens is 244 g/mol. The first kappa shape index (κ1) is 13.2. The quantitative estimate of drug-likeness (QED) is 0.881. The van der Waals surface area contributed by atoms with Gasteiger partial charge in [0, 0.05) is 7.05 Å². The molecule has 2 aromatic heterocycles. The van der Waals surface area contributed by atoms with Crippen LogP contribution in [-0.2, 0) is 7.05 Å². The maximum absolute atomic E-state index is 12.2.